The van der Waals surface area contributed by atoms with Crippen LogP contribution in [0.1, 0.15) is 11.1 Å². The number of hydrogen-bond acceptors (Lipinski definition) is 5. The fourth-order valence-corrected chi connectivity index (χ4v) is 5.13. The van der Waals surface area contributed by atoms with Crippen molar-refractivity contribution in [3.8, 4) is 0 Å². The Morgan fingerprint density at radius 2 is 1.61 bits per heavy atom. The van der Waals surface area contributed by atoms with Gasteiger partial charge in [-0.3, -0.25) is 4.98 Å². The summed E-state index contributed by atoms with van der Waals surface area (Å²) in [6, 6.07) is 15.6. The van der Waals surface area contributed by atoms with E-state index in [9.17, 15) is 16.8 Å². The van der Waals surface area contributed by atoms with Gasteiger partial charge in [0.15, 0.2) is 0 Å². The molecule has 0 radical (unpaired) electrons. The minimum absolute atomic E-state index is 0.0499. The van der Waals surface area contributed by atoms with Gasteiger partial charge < -0.3 is 0 Å². The van der Waals surface area contributed by atoms with E-state index in [2.05, 4.69) is 14.4 Å². The number of pyridine rings is 1. The second-order valence-electron chi connectivity index (χ2n) is 6.38. The minimum atomic E-state index is -3.82. The van der Waals surface area contributed by atoms with Gasteiger partial charge in [0.1, 0.15) is 4.90 Å². The molecule has 1 heterocycles. The first-order valence-corrected chi connectivity index (χ1v) is 11.8. The van der Waals surface area contributed by atoms with Crippen LogP contribution in [0.5, 0.6) is 0 Å². The van der Waals surface area contributed by atoms with Crippen LogP contribution in [-0.2, 0) is 25.8 Å². The summed E-state index contributed by atoms with van der Waals surface area (Å²) in [6.07, 6.45) is 1.61. The van der Waals surface area contributed by atoms with Gasteiger partial charge in [-0.1, -0.05) is 42.5 Å². The lowest BCUT2D eigenvalue weighted by molar-refractivity contribution is 0.570. The number of nitrogens with zero attached hydrogens (tertiary/aromatic N) is 1. The molecule has 3 rings (SSSR count). The molecule has 0 saturated heterocycles. The Bertz CT molecular complexity index is 1180. The molecular weight excluding hydrogens is 398 g/mol. The van der Waals surface area contributed by atoms with Gasteiger partial charge in [0, 0.05) is 24.7 Å². The molecule has 3 aromatic rings. The zero-order valence-corrected chi connectivity index (χ0v) is 16.9. The number of nitrogens with one attached hydrogen (secondary N) is 2. The Balaban J connectivity index is 1.63. The molecule has 1 aromatic heterocycles. The lowest BCUT2D eigenvalue weighted by Gasteiger charge is -2.10. The Morgan fingerprint density at radius 3 is 2.36 bits per heavy atom. The number of sulfonamides is 2. The molecule has 2 N–H and O–H groups in total. The van der Waals surface area contributed by atoms with E-state index in [0.717, 1.165) is 10.9 Å². The van der Waals surface area contributed by atoms with E-state index in [4.69, 9.17) is 0 Å². The third kappa shape index (κ3) is 5.14. The molecule has 148 valence electrons. The first-order valence-electron chi connectivity index (χ1n) is 8.63. The average Bonchev–Trinajstić information content (AvgIpc) is 2.65. The summed E-state index contributed by atoms with van der Waals surface area (Å²) in [7, 11) is -7.38. The number of para-hydroxylation sites is 1. The van der Waals surface area contributed by atoms with Crippen molar-refractivity contribution < 1.29 is 16.8 Å². The number of aromatic nitrogens is 1. The van der Waals surface area contributed by atoms with Crippen molar-refractivity contribution in [1.29, 1.82) is 0 Å². The molecule has 0 saturated carbocycles. The molecule has 7 nitrogen and oxygen atoms in total. The third-order valence-corrected chi connectivity index (χ3v) is 6.89. The zero-order chi connectivity index (χ0) is 20.2. The second kappa shape index (κ2) is 8.36. The van der Waals surface area contributed by atoms with Gasteiger partial charge in [-0.05, 0) is 30.2 Å². The van der Waals surface area contributed by atoms with E-state index in [0.29, 0.717) is 11.1 Å². The van der Waals surface area contributed by atoms with E-state index in [-0.39, 0.29) is 23.7 Å². The van der Waals surface area contributed by atoms with Crippen LogP contribution in [0.2, 0.25) is 0 Å². The van der Waals surface area contributed by atoms with Crippen molar-refractivity contribution in [2.45, 2.75) is 17.6 Å². The van der Waals surface area contributed by atoms with Crippen LogP contribution in [0.4, 0.5) is 0 Å². The lowest BCUT2D eigenvalue weighted by Crippen LogP contribution is -2.35. The van der Waals surface area contributed by atoms with Crippen molar-refractivity contribution in [3.63, 3.8) is 0 Å². The number of rotatable bonds is 8. The van der Waals surface area contributed by atoms with Crippen molar-refractivity contribution in [1.82, 2.24) is 14.4 Å². The van der Waals surface area contributed by atoms with Gasteiger partial charge in [-0.25, -0.2) is 26.3 Å². The van der Waals surface area contributed by atoms with Gasteiger partial charge >= 0.3 is 0 Å². The smallest absolute Gasteiger partial charge is 0.242 e. The van der Waals surface area contributed by atoms with Crippen LogP contribution in [0.15, 0.2) is 65.7 Å². The Kier molecular flexibility index (Phi) is 6.09. The van der Waals surface area contributed by atoms with E-state index in [1.807, 2.05) is 19.1 Å². The third-order valence-electron chi connectivity index (χ3n) is 4.04. The summed E-state index contributed by atoms with van der Waals surface area (Å²) in [6.45, 7) is 1.76. The predicted octanol–water partition coefficient (Wildman–Crippen LogP) is 1.94. The normalized spacial score (nSPS) is 12.3. The highest BCUT2D eigenvalue weighted by Gasteiger charge is 2.18. The molecule has 0 atom stereocenters. The first kappa shape index (κ1) is 20.4. The SMILES string of the molecule is Cc1cnc2c(S(=O)(=O)NCCNS(=O)(=O)Cc3ccccc3)cccc2c1. The highest BCUT2D eigenvalue weighted by molar-refractivity contribution is 7.89. The maximum Gasteiger partial charge on any atom is 0.242 e. The molecule has 2 aromatic carbocycles. The largest absolute Gasteiger partial charge is 0.255 e. The molecule has 0 fully saturated rings. The Morgan fingerprint density at radius 1 is 0.893 bits per heavy atom. The van der Waals surface area contributed by atoms with Crippen LogP contribution < -0.4 is 9.44 Å². The number of aryl methyl sites for hydroxylation is 1. The Hall–Kier alpha value is -2.33. The van der Waals surface area contributed by atoms with E-state index >= 15 is 0 Å². The van der Waals surface area contributed by atoms with Crippen LogP contribution in [0.25, 0.3) is 10.9 Å². The second-order valence-corrected chi connectivity index (χ2v) is 9.92. The molecule has 0 bridgehead atoms. The minimum Gasteiger partial charge on any atom is -0.255 e. The Labute approximate surface area is 164 Å². The molecule has 0 aliphatic carbocycles. The zero-order valence-electron chi connectivity index (χ0n) is 15.3. The summed E-state index contributed by atoms with van der Waals surface area (Å²) in [4.78, 5) is 4.30. The highest BCUT2D eigenvalue weighted by Crippen LogP contribution is 2.21. The maximum absolute atomic E-state index is 12.6. The molecular formula is C19H21N3O4S2. The fraction of sp³-hybridized carbons (Fsp3) is 0.211. The molecule has 9 heteroatoms. The standard InChI is InChI=1S/C19H21N3O4S2/c1-15-12-17-8-5-9-18(19(17)20-13-15)28(25,26)22-11-10-21-27(23,24)14-16-6-3-2-4-7-16/h2-9,12-13,21-22H,10-11,14H2,1H3. The van der Waals surface area contributed by atoms with Crippen molar-refractivity contribution in [2.75, 3.05) is 13.1 Å². The summed E-state index contributed by atoms with van der Waals surface area (Å²) >= 11 is 0. The maximum atomic E-state index is 12.6. The van der Waals surface area contributed by atoms with E-state index in [1.165, 1.54) is 6.07 Å². The van der Waals surface area contributed by atoms with Gasteiger partial charge in [-0.2, -0.15) is 0 Å². The summed E-state index contributed by atoms with van der Waals surface area (Å²) < 4.78 is 54.3. The van der Waals surface area contributed by atoms with Crippen molar-refractivity contribution in [2.24, 2.45) is 0 Å². The number of hydrogen-bond donors (Lipinski definition) is 2. The summed E-state index contributed by atoms with van der Waals surface area (Å²) in [5, 5.41) is 0.728. The van der Waals surface area contributed by atoms with Crippen LogP contribution >= 0.6 is 0 Å². The van der Waals surface area contributed by atoms with Gasteiger partial charge in [0.25, 0.3) is 0 Å². The van der Waals surface area contributed by atoms with Crippen LogP contribution in [-0.4, -0.2) is 34.9 Å². The number of benzene rings is 2. The number of fused-ring (bicyclic) bond motifs is 1. The van der Waals surface area contributed by atoms with Gasteiger partial charge in [0.2, 0.25) is 20.0 Å². The van der Waals surface area contributed by atoms with Crippen molar-refractivity contribution in [3.05, 3.63) is 71.9 Å². The average molecular weight is 420 g/mol. The molecule has 0 spiro atoms. The fourth-order valence-electron chi connectivity index (χ4n) is 2.77. The quantitative estimate of drug-likeness (QED) is 0.543. The molecule has 0 aliphatic rings. The van der Waals surface area contributed by atoms with E-state index in [1.54, 1.807) is 42.6 Å². The first-order chi connectivity index (χ1) is 13.3. The van der Waals surface area contributed by atoms with Crippen LogP contribution in [0.3, 0.4) is 0 Å². The van der Waals surface area contributed by atoms with Crippen molar-refractivity contribution >= 4 is 30.9 Å². The highest BCUT2D eigenvalue weighted by atomic mass is 32.2. The monoisotopic (exact) mass is 419 g/mol. The predicted molar refractivity (Wildman–Crippen MR) is 109 cm³/mol. The topological polar surface area (TPSA) is 105 Å². The summed E-state index contributed by atoms with van der Waals surface area (Å²) in [5.41, 5.74) is 1.97. The molecule has 28 heavy (non-hydrogen) atoms. The van der Waals surface area contributed by atoms with Crippen LogP contribution in [0, 0.1) is 6.92 Å². The van der Waals surface area contributed by atoms with Gasteiger partial charge in [0.05, 0.1) is 11.3 Å². The van der Waals surface area contributed by atoms with E-state index < -0.39 is 20.0 Å². The molecule has 0 aliphatic heterocycles. The van der Waals surface area contributed by atoms with Gasteiger partial charge in [-0.15, -0.1) is 0 Å². The molecule has 0 unspecified atom stereocenters. The molecule has 0 amide bonds. The summed E-state index contributed by atoms with van der Waals surface area (Å²) in [5.74, 6) is -0.160. The lowest BCUT2D eigenvalue weighted by atomic mass is 10.2.